The molecule has 0 radical (unpaired) electrons. The molecule has 4 nitrogen and oxygen atoms in total. The maximum Gasteiger partial charge on any atom is 0.151 e. The van der Waals surface area contributed by atoms with Crippen LogP contribution in [0.15, 0.2) is 30.5 Å². The van der Waals surface area contributed by atoms with Crippen molar-refractivity contribution in [2.24, 2.45) is 5.41 Å². The number of hydrogen-bond acceptors (Lipinski definition) is 3. The highest BCUT2D eigenvalue weighted by Gasteiger charge is 2.30. The van der Waals surface area contributed by atoms with E-state index in [1.807, 2.05) is 0 Å². The van der Waals surface area contributed by atoms with Crippen LogP contribution in [0.25, 0.3) is 5.69 Å². The Morgan fingerprint density at radius 3 is 2.70 bits per heavy atom. The normalized spacial score (nSPS) is 22.4. The topological polar surface area (TPSA) is 41.3 Å². The summed E-state index contributed by atoms with van der Waals surface area (Å²) in [6, 6.07) is 5.55. The summed E-state index contributed by atoms with van der Waals surface area (Å²) < 4.78 is 28.9. The van der Waals surface area contributed by atoms with E-state index < -0.39 is 11.6 Å². The first-order chi connectivity index (χ1) is 11.0. The van der Waals surface area contributed by atoms with Crippen LogP contribution in [-0.4, -0.2) is 39.5 Å². The summed E-state index contributed by atoms with van der Waals surface area (Å²) >= 11 is 0. The number of aliphatic hydroxyl groups is 1. The van der Waals surface area contributed by atoms with E-state index >= 15 is 0 Å². The largest absolute Gasteiger partial charge is 0.396 e. The molecule has 1 unspecified atom stereocenters. The van der Waals surface area contributed by atoms with Crippen molar-refractivity contribution in [3.63, 3.8) is 0 Å². The minimum atomic E-state index is -0.634. The minimum Gasteiger partial charge on any atom is -0.396 e. The summed E-state index contributed by atoms with van der Waals surface area (Å²) in [5, 5.41) is 13.8. The molecule has 1 fully saturated rings. The average molecular weight is 321 g/mol. The molecule has 0 saturated carbocycles. The van der Waals surface area contributed by atoms with Gasteiger partial charge in [-0.3, -0.25) is 4.90 Å². The molecule has 1 atom stereocenters. The molecule has 2 heterocycles. The number of nitrogens with zero attached hydrogens (tertiary/aromatic N) is 3. The third-order valence-corrected chi connectivity index (χ3v) is 4.44. The van der Waals surface area contributed by atoms with Crippen molar-refractivity contribution in [2.45, 2.75) is 26.3 Å². The van der Waals surface area contributed by atoms with Gasteiger partial charge in [0, 0.05) is 31.3 Å². The summed E-state index contributed by atoms with van der Waals surface area (Å²) in [5.74, 6) is -1.27. The van der Waals surface area contributed by atoms with Crippen molar-refractivity contribution >= 4 is 0 Å². The fourth-order valence-corrected chi connectivity index (χ4v) is 3.20. The number of aromatic nitrogens is 2. The monoisotopic (exact) mass is 321 g/mol. The number of para-hydroxylation sites is 1. The first-order valence-corrected chi connectivity index (χ1v) is 7.83. The molecule has 2 aromatic rings. The van der Waals surface area contributed by atoms with Crippen LogP contribution in [-0.2, 0) is 6.54 Å². The van der Waals surface area contributed by atoms with Crippen LogP contribution >= 0.6 is 0 Å². The van der Waals surface area contributed by atoms with Gasteiger partial charge in [-0.1, -0.05) is 13.0 Å². The standard InChI is InChI=1S/C17H21F2N3O/c1-17(12-23)7-3-8-21(11-17)10-13-6-9-22(20-13)16-14(18)4-2-5-15(16)19/h2,4-6,9,23H,3,7-8,10-12H2,1H3. The van der Waals surface area contributed by atoms with Gasteiger partial charge < -0.3 is 5.11 Å². The molecule has 1 saturated heterocycles. The second-order valence-electron chi connectivity index (χ2n) is 6.60. The van der Waals surface area contributed by atoms with E-state index in [0.717, 1.165) is 31.6 Å². The molecule has 1 aliphatic heterocycles. The van der Waals surface area contributed by atoms with Crippen molar-refractivity contribution in [1.29, 1.82) is 0 Å². The van der Waals surface area contributed by atoms with Gasteiger partial charge in [-0.05, 0) is 37.6 Å². The van der Waals surface area contributed by atoms with E-state index in [4.69, 9.17) is 0 Å². The number of halogens is 2. The molecule has 3 rings (SSSR count). The molecule has 0 bridgehead atoms. The van der Waals surface area contributed by atoms with E-state index in [-0.39, 0.29) is 17.7 Å². The molecule has 1 aliphatic rings. The maximum atomic E-state index is 13.8. The van der Waals surface area contributed by atoms with Gasteiger partial charge in [-0.25, -0.2) is 13.5 Å². The van der Waals surface area contributed by atoms with Gasteiger partial charge in [0.2, 0.25) is 0 Å². The zero-order valence-electron chi connectivity index (χ0n) is 13.2. The van der Waals surface area contributed by atoms with Crippen molar-refractivity contribution < 1.29 is 13.9 Å². The van der Waals surface area contributed by atoms with Crippen LogP contribution in [0.5, 0.6) is 0 Å². The van der Waals surface area contributed by atoms with Gasteiger partial charge in [-0.15, -0.1) is 0 Å². The number of piperidine rings is 1. The zero-order valence-corrected chi connectivity index (χ0v) is 13.2. The van der Waals surface area contributed by atoms with E-state index in [1.54, 1.807) is 12.3 Å². The van der Waals surface area contributed by atoms with Crippen LogP contribution < -0.4 is 0 Å². The van der Waals surface area contributed by atoms with Crippen molar-refractivity contribution in [3.05, 3.63) is 47.8 Å². The second kappa shape index (κ2) is 6.37. The predicted molar refractivity (Wildman–Crippen MR) is 83.2 cm³/mol. The van der Waals surface area contributed by atoms with Crippen LogP contribution in [0.3, 0.4) is 0 Å². The molecular formula is C17H21F2N3O. The summed E-state index contributed by atoms with van der Waals surface area (Å²) in [7, 11) is 0. The highest BCUT2D eigenvalue weighted by Crippen LogP contribution is 2.29. The summed E-state index contributed by atoms with van der Waals surface area (Å²) in [6.07, 6.45) is 3.61. The Labute approximate surface area is 134 Å². The second-order valence-corrected chi connectivity index (χ2v) is 6.60. The molecule has 0 amide bonds. The predicted octanol–water partition coefficient (Wildman–Crippen LogP) is 2.74. The Morgan fingerprint density at radius 1 is 1.26 bits per heavy atom. The van der Waals surface area contributed by atoms with Crippen LogP contribution in [0, 0.1) is 17.0 Å². The van der Waals surface area contributed by atoms with Crippen molar-refractivity contribution in [3.8, 4) is 5.69 Å². The molecule has 0 aliphatic carbocycles. The Hall–Kier alpha value is -1.79. The maximum absolute atomic E-state index is 13.8. The average Bonchev–Trinajstić information content (AvgIpc) is 2.95. The molecule has 124 valence electrons. The van der Waals surface area contributed by atoms with Crippen LogP contribution in [0.4, 0.5) is 8.78 Å². The fourth-order valence-electron chi connectivity index (χ4n) is 3.20. The number of benzene rings is 1. The first kappa shape index (κ1) is 16.1. The van der Waals surface area contributed by atoms with Gasteiger partial charge in [0.25, 0.3) is 0 Å². The number of hydrogen-bond donors (Lipinski definition) is 1. The van der Waals surface area contributed by atoms with Crippen molar-refractivity contribution in [1.82, 2.24) is 14.7 Å². The smallest absolute Gasteiger partial charge is 0.151 e. The van der Waals surface area contributed by atoms with Gasteiger partial charge in [0.1, 0.15) is 5.69 Å². The number of rotatable bonds is 4. The lowest BCUT2D eigenvalue weighted by Gasteiger charge is -2.39. The van der Waals surface area contributed by atoms with Crippen molar-refractivity contribution in [2.75, 3.05) is 19.7 Å². The molecule has 1 aromatic heterocycles. The lowest BCUT2D eigenvalue weighted by atomic mass is 9.83. The van der Waals surface area contributed by atoms with E-state index in [9.17, 15) is 13.9 Å². The lowest BCUT2D eigenvalue weighted by molar-refractivity contribution is 0.0423. The highest BCUT2D eigenvalue weighted by molar-refractivity contribution is 5.34. The first-order valence-electron chi connectivity index (χ1n) is 7.83. The summed E-state index contributed by atoms with van der Waals surface area (Å²) in [5.41, 5.74) is 0.519. The Bertz CT molecular complexity index is 668. The quantitative estimate of drug-likeness (QED) is 0.941. The molecule has 23 heavy (non-hydrogen) atoms. The van der Waals surface area contributed by atoms with E-state index in [0.29, 0.717) is 6.54 Å². The number of likely N-dealkylation sites (tertiary alicyclic amines) is 1. The van der Waals surface area contributed by atoms with E-state index in [1.165, 1.54) is 22.9 Å². The highest BCUT2D eigenvalue weighted by atomic mass is 19.1. The molecule has 0 spiro atoms. The fraction of sp³-hybridized carbons (Fsp3) is 0.471. The number of aliphatic hydroxyl groups excluding tert-OH is 1. The van der Waals surface area contributed by atoms with Gasteiger partial charge >= 0.3 is 0 Å². The zero-order chi connectivity index (χ0) is 16.4. The summed E-state index contributed by atoms with van der Waals surface area (Å²) in [4.78, 5) is 2.23. The Kier molecular flexibility index (Phi) is 4.46. The van der Waals surface area contributed by atoms with E-state index in [2.05, 4.69) is 16.9 Å². The third-order valence-electron chi connectivity index (χ3n) is 4.44. The van der Waals surface area contributed by atoms with Gasteiger partial charge in [-0.2, -0.15) is 5.10 Å². The van der Waals surface area contributed by atoms with Crippen LogP contribution in [0.2, 0.25) is 0 Å². The van der Waals surface area contributed by atoms with Crippen LogP contribution in [0.1, 0.15) is 25.5 Å². The lowest BCUT2D eigenvalue weighted by Crippen LogP contribution is -2.43. The van der Waals surface area contributed by atoms with Gasteiger partial charge in [0.05, 0.1) is 5.69 Å². The summed E-state index contributed by atoms with van der Waals surface area (Å²) in [6.45, 7) is 4.59. The molecule has 1 aromatic carbocycles. The van der Waals surface area contributed by atoms with Gasteiger partial charge in [0.15, 0.2) is 11.6 Å². The molecule has 6 heteroatoms. The molecule has 1 N–H and O–H groups in total. The third kappa shape index (κ3) is 3.43. The minimum absolute atomic E-state index is 0.0849. The Balaban J connectivity index is 1.75. The SMILES string of the molecule is CC1(CO)CCCN(Cc2ccn(-c3c(F)cccc3F)n2)C1. The molecular weight excluding hydrogens is 300 g/mol. The Morgan fingerprint density at radius 2 is 2.00 bits per heavy atom.